The molecule has 102 valence electrons. The Morgan fingerprint density at radius 1 is 1.00 bits per heavy atom. The number of anilines is 1. The zero-order chi connectivity index (χ0) is 13.6. The van der Waals surface area contributed by atoms with Crippen molar-refractivity contribution in [1.82, 2.24) is 5.32 Å². The first kappa shape index (κ1) is 14.6. The molecule has 18 heavy (non-hydrogen) atoms. The first-order valence-electron chi connectivity index (χ1n) is 6.17. The monoisotopic (exact) mass is 252 g/mol. The van der Waals surface area contributed by atoms with Gasteiger partial charge in [-0.05, 0) is 32.9 Å². The van der Waals surface area contributed by atoms with Gasteiger partial charge in [0.2, 0.25) is 0 Å². The Labute approximate surface area is 110 Å². The lowest BCUT2D eigenvalue weighted by Gasteiger charge is -2.20. The largest absolute Gasteiger partial charge is 0.493 e. The first-order valence-corrected chi connectivity index (χ1v) is 6.17. The van der Waals surface area contributed by atoms with Gasteiger partial charge in [0.1, 0.15) is 0 Å². The molecule has 0 radical (unpaired) electrons. The maximum atomic E-state index is 5.26. The fraction of sp³-hybridized carbons (Fsp3) is 0.571. The Morgan fingerprint density at radius 3 is 2.22 bits per heavy atom. The van der Waals surface area contributed by atoms with E-state index in [9.17, 15) is 0 Å². The van der Waals surface area contributed by atoms with E-state index in [2.05, 4.69) is 31.4 Å². The molecule has 4 heteroatoms. The summed E-state index contributed by atoms with van der Waals surface area (Å²) in [4.78, 5) is 0. The fourth-order valence-corrected chi connectivity index (χ4v) is 1.59. The molecule has 0 aliphatic heterocycles. The minimum absolute atomic E-state index is 0.152. The van der Waals surface area contributed by atoms with Gasteiger partial charge >= 0.3 is 0 Å². The molecular formula is C14H24N2O2. The molecule has 0 saturated heterocycles. The molecule has 0 saturated carbocycles. The number of ether oxygens (including phenoxy) is 2. The molecule has 0 aromatic heterocycles. The number of nitrogens with one attached hydrogen (secondary N) is 2. The number of methoxy groups -OCH3 is 2. The second-order valence-corrected chi connectivity index (χ2v) is 5.17. The van der Waals surface area contributed by atoms with Crippen molar-refractivity contribution in [3.63, 3.8) is 0 Å². The predicted molar refractivity (Wildman–Crippen MR) is 75.8 cm³/mol. The summed E-state index contributed by atoms with van der Waals surface area (Å²) in [5, 5.41) is 6.77. The number of benzene rings is 1. The molecule has 0 spiro atoms. The van der Waals surface area contributed by atoms with E-state index in [1.165, 1.54) is 0 Å². The Kier molecular flexibility index (Phi) is 5.28. The van der Waals surface area contributed by atoms with Crippen molar-refractivity contribution in [3.05, 3.63) is 18.2 Å². The third-order valence-electron chi connectivity index (χ3n) is 2.49. The molecule has 1 aromatic carbocycles. The Morgan fingerprint density at radius 2 is 1.67 bits per heavy atom. The van der Waals surface area contributed by atoms with Gasteiger partial charge in [-0.15, -0.1) is 0 Å². The molecule has 0 heterocycles. The van der Waals surface area contributed by atoms with E-state index in [-0.39, 0.29) is 5.54 Å². The highest BCUT2D eigenvalue weighted by Crippen LogP contribution is 2.29. The van der Waals surface area contributed by atoms with Crippen LogP contribution in [0.4, 0.5) is 5.69 Å². The third-order valence-corrected chi connectivity index (χ3v) is 2.49. The van der Waals surface area contributed by atoms with Crippen molar-refractivity contribution >= 4 is 5.69 Å². The molecule has 4 nitrogen and oxygen atoms in total. The highest BCUT2D eigenvalue weighted by molar-refractivity contribution is 5.54. The number of hydrogen-bond acceptors (Lipinski definition) is 4. The van der Waals surface area contributed by atoms with Gasteiger partial charge in [0.15, 0.2) is 11.5 Å². The minimum Gasteiger partial charge on any atom is -0.493 e. The molecule has 0 unspecified atom stereocenters. The van der Waals surface area contributed by atoms with Crippen LogP contribution in [0.25, 0.3) is 0 Å². The van der Waals surface area contributed by atoms with Gasteiger partial charge in [-0.3, -0.25) is 0 Å². The van der Waals surface area contributed by atoms with Crippen molar-refractivity contribution in [2.45, 2.75) is 26.3 Å². The van der Waals surface area contributed by atoms with Gasteiger partial charge in [-0.25, -0.2) is 0 Å². The summed E-state index contributed by atoms with van der Waals surface area (Å²) in [5.41, 5.74) is 1.18. The summed E-state index contributed by atoms with van der Waals surface area (Å²) in [6, 6.07) is 5.83. The average molecular weight is 252 g/mol. The molecule has 0 aliphatic carbocycles. The van der Waals surface area contributed by atoms with Gasteiger partial charge in [0, 0.05) is 30.4 Å². The summed E-state index contributed by atoms with van der Waals surface area (Å²) < 4.78 is 10.5. The molecule has 1 aromatic rings. The molecule has 1 rings (SSSR count). The lowest BCUT2D eigenvalue weighted by atomic mass is 10.1. The molecule has 0 amide bonds. The van der Waals surface area contributed by atoms with Crippen molar-refractivity contribution in [2.24, 2.45) is 0 Å². The van der Waals surface area contributed by atoms with Crippen LogP contribution >= 0.6 is 0 Å². The van der Waals surface area contributed by atoms with Crippen molar-refractivity contribution in [1.29, 1.82) is 0 Å². The van der Waals surface area contributed by atoms with Crippen LogP contribution in [0, 0.1) is 0 Å². The van der Waals surface area contributed by atoms with Gasteiger partial charge in [-0.2, -0.15) is 0 Å². The minimum atomic E-state index is 0.152. The topological polar surface area (TPSA) is 42.5 Å². The molecule has 2 N–H and O–H groups in total. The smallest absolute Gasteiger partial charge is 0.162 e. The van der Waals surface area contributed by atoms with Gasteiger partial charge < -0.3 is 20.1 Å². The van der Waals surface area contributed by atoms with E-state index in [1.807, 2.05) is 18.2 Å². The molecule has 0 fully saturated rings. The number of rotatable bonds is 6. The Hall–Kier alpha value is -1.42. The average Bonchev–Trinajstić information content (AvgIpc) is 2.33. The molecular weight excluding hydrogens is 228 g/mol. The van der Waals surface area contributed by atoms with Crippen LogP contribution < -0.4 is 20.1 Å². The fourth-order valence-electron chi connectivity index (χ4n) is 1.59. The maximum Gasteiger partial charge on any atom is 0.162 e. The van der Waals surface area contributed by atoms with Crippen LogP contribution in [0.15, 0.2) is 18.2 Å². The highest BCUT2D eigenvalue weighted by atomic mass is 16.5. The normalized spacial score (nSPS) is 11.2. The third kappa shape index (κ3) is 4.84. The van der Waals surface area contributed by atoms with Crippen LogP contribution in [0.1, 0.15) is 20.8 Å². The van der Waals surface area contributed by atoms with Gasteiger partial charge in [0.25, 0.3) is 0 Å². The van der Waals surface area contributed by atoms with Crippen molar-refractivity contribution < 1.29 is 9.47 Å². The van der Waals surface area contributed by atoms with Crippen LogP contribution in [-0.2, 0) is 0 Å². The zero-order valence-electron chi connectivity index (χ0n) is 12.0. The Balaban J connectivity index is 2.48. The highest BCUT2D eigenvalue weighted by Gasteiger charge is 2.07. The summed E-state index contributed by atoms with van der Waals surface area (Å²) >= 11 is 0. The second-order valence-electron chi connectivity index (χ2n) is 5.17. The lowest BCUT2D eigenvalue weighted by Crippen LogP contribution is -2.38. The first-order chi connectivity index (χ1) is 8.46. The Bertz CT molecular complexity index is 373. The summed E-state index contributed by atoms with van der Waals surface area (Å²) in [6.07, 6.45) is 0. The predicted octanol–water partition coefficient (Wildman–Crippen LogP) is 2.50. The van der Waals surface area contributed by atoms with Crippen LogP contribution in [0.5, 0.6) is 11.5 Å². The van der Waals surface area contributed by atoms with E-state index in [4.69, 9.17) is 9.47 Å². The van der Waals surface area contributed by atoms with Crippen LogP contribution in [0.2, 0.25) is 0 Å². The van der Waals surface area contributed by atoms with E-state index < -0.39 is 0 Å². The lowest BCUT2D eigenvalue weighted by molar-refractivity contribution is 0.355. The molecule has 0 aliphatic rings. The van der Waals surface area contributed by atoms with Crippen molar-refractivity contribution in [2.75, 3.05) is 32.6 Å². The standard InChI is InChI=1S/C14H24N2O2/c1-14(2,3)16-9-8-15-11-6-7-12(17-4)13(10-11)18-5/h6-7,10,15-16H,8-9H2,1-5H3. The zero-order valence-corrected chi connectivity index (χ0v) is 12.0. The number of hydrogen-bond donors (Lipinski definition) is 2. The van der Waals surface area contributed by atoms with Gasteiger partial charge in [0.05, 0.1) is 14.2 Å². The summed E-state index contributed by atoms with van der Waals surface area (Å²) in [5.74, 6) is 1.49. The van der Waals surface area contributed by atoms with Gasteiger partial charge in [-0.1, -0.05) is 0 Å². The van der Waals surface area contributed by atoms with Crippen molar-refractivity contribution in [3.8, 4) is 11.5 Å². The molecule has 0 atom stereocenters. The van der Waals surface area contributed by atoms with E-state index in [0.717, 1.165) is 30.3 Å². The second kappa shape index (κ2) is 6.50. The molecule has 0 bridgehead atoms. The van der Waals surface area contributed by atoms with E-state index in [1.54, 1.807) is 14.2 Å². The SMILES string of the molecule is COc1ccc(NCCNC(C)(C)C)cc1OC. The maximum absolute atomic E-state index is 5.26. The van der Waals surface area contributed by atoms with Crippen LogP contribution in [-0.4, -0.2) is 32.8 Å². The van der Waals surface area contributed by atoms with Crippen LogP contribution in [0.3, 0.4) is 0 Å². The van der Waals surface area contributed by atoms with E-state index in [0.29, 0.717) is 0 Å². The summed E-state index contributed by atoms with van der Waals surface area (Å²) in [6.45, 7) is 8.25. The summed E-state index contributed by atoms with van der Waals surface area (Å²) in [7, 11) is 3.28. The quantitative estimate of drug-likeness (QED) is 0.763. The van der Waals surface area contributed by atoms with E-state index >= 15 is 0 Å².